The van der Waals surface area contributed by atoms with E-state index in [1.807, 2.05) is 0 Å². The number of benzene rings is 2. The summed E-state index contributed by atoms with van der Waals surface area (Å²) in [7, 11) is 0. The molecule has 0 bridgehead atoms. The van der Waals surface area contributed by atoms with E-state index in [1.165, 1.54) is 35.2 Å². The van der Waals surface area contributed by atoms with Crippen LogP contribution in [0.3, 0.4) is 0 Å². The van der Waals surface area contributed by atoms with Crippen LogP contribution in [0.1, 0.15) is 0 Å². The Morgan fingerprint density at radius 1 is 1.17 bits per heavy atom. The van der Waals surface area contributed by atoms with Gasteiger partial charge >= 0.3 is 6.03 Å². The number of carbonyl (C=O) groups is 2. The van der Waals surface area contributed by atoms with Crippen molar-refractivity contribution in [3.05, 3.63) is 58.3 Å². The van der Waals surface area contributed by atoms with E-state index in [0.717, 1.165) is 0 Å². The summed E-state index contributed by atoms with van der Waals surface area (Å²) >= 11 is 11.8. The number of amides is 3. The lowest BCUT2D eigenvalue weighted by molar-refractivity contribution is -0.124. The van der Waals surface area contributed by atoms with Gasteiger partial charge in [0.05, 0.1) is 17.3 Å². The van der Waals surface area contributed by atoms with Crippen LogP contribution in [0.25, 0.3) is 0 Å². The van der Waals surface area contributed by atoms with E-state index < -0.39 is 12.1 Å². The van der Waals surface area contributed by atoms with Gasteiger partial charge in [0.25, 0.3) is 5.91 Å². The third-order valence-electron chi connectivity index (χ3n) is 3.55. The van der Waals surface area contributed by atoms with Crippen LogP contribution < -0.4 is 15.5 Å². The maximum Gasteiger partial charge on any atom is 0.319 e. The predicted octanol–water partition coefficient (Wildman–Crippen LogP) is 3.67. The van der Waals surface area contributed by atoms with Crippen molar-refractivity contribution in [1.29, 1.82) is 0 Å². The predicted molar refractivity (Wildman–Crippen MR) is 91.2 cm³/mol. The fraction of sp³-hybridized carbons (Fsp3) is 0.125. The van der Waals surface area contributed by atoms with Crippen LogP contribution >= 0.6 is 23.2 Å². The van der Waals surface area contributed by atoms with Gasteiger partial charge in [-0.15, -0.1) is 0 Å². The lowest BCUT2D eigenvalue weighted by Crippen LogP contribution is -2.64. The van der Waals surface area contributed by atoms with Gasteiger partial charge in [-0.1, -0.05) is 23.2 Å². The first-order chi connectivity index (χ1) is 11.4. The summed E-state index contributed by atoms with van der Waals surface area (Å²) in [6.07, 6.45) is 0. The highest BCUT2D eigenvalue weighted by Gasteiger charge is 2.38. The standard InChI is InChI=1S/C16H12Cl2FN3O2/c17-9-1-6-12(18)13(7-9)20-16(24)21-14-8-22(15(14)23)11-4-2-10(19)3-5-11/h1-7,14H,8H2,(H2,20,21,24). The van der Waals surface area contributed by atoms with E-state index in [-0.39, 0.29) is 11.7 Å². The average Bonchev–Trinajstić information content (AvgIpc) is 2.55. The molecule has 8 heteroatoms. The Balaban J connectivity index is 1.58. The number of nitrogens with one attached hydrogen (secondary N) is 2. The minimum Gasteiger partial charge on any atom is -0.324 e. The zero-order chi connectivity index (χ0) is 17.3. The number of halogens is 3. The number of anilines is 2. The highest BCUT2D eigenvalue weighted by atomic mass is 35.5. The van der Waals surface area contributed by atoms with E-state index in [2.05, 4.69) is 10.6 Å². The second-order valence-corrected chi connectivity index (χ2v) is 6.04. The molecule has 2 aromatic carbocycles. The summed E-state index contributed by atoms with van der Waals surface area (Å²) in [4.78, 5) is 25.5. The molecule has 0 saturated carbocycles. The summed E-state index contributed by atoms with van der Waals surface area (Å²) in [6.45, 7) is 0.307. The number of urea groups is 1. The number of rotatable bonds is 3. The monoisotopic (exact) mass is 367 g/mol. The molecular weight excluding hydrogens is 356 g/mol. The third-order valence-corrected chi connectivity index (χ3v) is 4.11. The Labute approximate surface area is 147 Å². The number of hydrogen-bond acceptors (Lipinski definition) is 2. The van der Waals surface area contributed by atoms with Gasteiger partial charge in [0.15, 0.2) is 0 Å². The van der Waals surface area contributed by atoms with E-state index in [9.17, 15) is 14.0 Å². The first-order valence-corrected chi connectivity index (χ1v) is 7.79. The molecule has 1 heterocycles. The molecule has 0 spiro atoms. The molecule has 2 aromatic rings. The van der Waals surface area contributed by atoms with Crippen LogP contribution in [0.2, 0.25) is 10.0 Å². The summed E-state index contributed by atoms with van der Waals surface area (Å²) in [6, 6.07) is 9.03. The number of carbonyl (C=O) groups excluding carboxylic acids is 2. The zero-order valence-corrected chi connectivity index (χ0v) is 13.7. The topological polar surface area (TPSA) is 61.4 Å². The largest absolute Gasteiger partial charge is 0.324 e. The summed E-state index contributed by atoms with van der Waals surface area (Å²) < 4.78 is 12.9. The Morgan fingerprint density at radius 3 is 2.54 bits per heavy atom. The molecular formula is C16H12Cl2FN3O2. The second-order valence-electron chi connectivity index (χ2n) is 5.20. The van der Waals surface area contributed by atoms with Crippen LogP contribution in [-0.2, 0) is 4.79 Å². The van der Waals surface area contributed by atoms with Gasteiger partial charge in [-0.3, -0.25) is 4.79 Å². The molecule has 124 valence electrons. The van der Waals surface area contributed by atoms with Gasteiger partial charge in [0, 0.05) is 10.7 Å². The maximum absolute atomic E-state index is 12.9. The first kappa shape index (κ1) is 16.5. The van der Waals surface area contributed by atoms with Gasteiger partial charge < -0.3 is 15.5 Å². The lowest BCUT2D eigenvalue weighted by atomic mass is 10.1. The van der Waals surface area contributed by atoms with Crippen molar-refractivity contribution in [3.8, 4) is 0 Å². The minimum absolute atomic E-state index is 0.269. The van der Waals surface area contributed by atoms with Gasteiger partial charge in [0.2, 0.25) is 0 Å². The molecule has 2 N–H and O–H groups in total. The molecule has 0 aromatic heterocycles. The number of β-lactam (4-membered cyclic amide) rings is 1. The summed E-state index contributed by atoms with van der Waals surface area (Å²) in [5, 5.41) is 5.86. The van der Waals surface area contributed by atoms with Crippen LogP contribution in [0.5, 0.6) is 0 Å². The molecule has 1 aliphatic rings. The second kappa shape index (κ2) is 6.67. The normalized spacial score (nSPS) is 16.5. The van der Waals surface area contributed by atoms with Crippen LogP contribution in [0.15, 0.2) is 42.5 Å². The SMILES string of the molecule is O=C(Nc1cc(Cl)ccc1Cl)NC1CN(c2ccc(F)cc2)C1=O. The molecule has 0 radical (unpaired) electrons. The van der Waals surface area contributed by atoms with Gasteiger partial charge in [-0.05, 0) is 42.5 Å². The molecule has 1 unspecified atom stereocenters. The summed E-state index contributed by atoms with van der Waals surface area (Å²) in [5.74, 6) is -0.645. The van der Waals surface area contributed by atoms with E-state index in [0.29, 0.717) is 28.0 Å². The molecule has 0 aliphatic carbocycles. The highest BCUT2D eigenvalue weighted by Crippen LogP contribution is 2.26. The van der Waals surface area contributed by atoms with Crippen molar-refractivity contribution in [2.75, 3.05) is 16.8 Å². The molecule has 1 saturated heterocycles. The Kier molecular flexibility index (Phi) is 4.59. The molecule has 3 amide bonds. The van der Waals surface area contributed by atoms with Gasteiger partial charge in [0.1, 0.15) is 11.9 Å². The zero-order valence-electron chi connectivity index (χ0n) is 12.2. The van der Waals surface area contributed by atoms with Crippen LogP contribution in [-0.4, -0.2) is 24.5 Å². The van der Waals surface area contributed by atoms with Gasteiger partial charge in [-0.25, -0.2) is 9.18 Å². The molecule has 3 rings (SSSR count). The van der Waals surface area contributed by atoms with E-state index in [4.69, 9.17) is 23.2 Å². The Hall–Kier alpha value is -2.31. The molecule has 24 heavy (non-hydrogen) atoms. The lowest BCUT2D eigenvalue weighted by Gasteiger charge is -2.38. The fourth-order valence-electron chi connectivity index (χ4n) is 2.30. The van der Waals surface area contributed by atoms with Crippen molar-refractivity contribution >= 4 is 46.5 Å². The summed E-state index contributed by atoms with van der Waals surface area (Å²) in [5.41, 5.74) is 0.932. The molecule has 5 nitrogen and oxygen atoms in total. The van der Waals surface area contributed by atoms with Gasteiger partial charge in [-0.2, -0.15) is 0 Å². The van der Waals surface area contributed by atoms with Crippen molar-refractivity contribution in [1.82, 2.24) is 5.32 Å². The minimum atomic E-state index is -0.645. The van der Waals surface area contributed by atoms with E-state index in [1.54, 1.807) is 12.1 Å². The smallest absolute Gasteiger partial charge is 0.319 e. The van der Waals surface area contributed by atoms with Crippen molar-refractivity contribution in [2.24, 2.45) is 0 Å². The van der Waals surface area contributed by atoms with Crippen molar-refractivity contribution < 1.29 is 14.0 Å². The van der Waals surface area contributed by atoms with Crippen LogP contribution in [0.4, 0.5) is 20.6 Å². The number of nitrogens with zero attached hydrogens (tertiary/aromatic N) is 1. The molecule has 1 fully saturated rings. The molecule has 1 aliphatic heterocycles. The molecule has 1 atom stereocenters. The van der Waals surface area contributed by atoms with Crippen LogP contribution in [0, 0.1) is 5.82 Å². The third kappa shape index (κ3) is 3.44. The van der Waals surface area contributed by atoms with E-state index >= 15 is 0 Å². The first-order valence-electron chi connectivity index (χ1n) is 7.03. The number of hydrogen-bond donors (Lipinski definition) is 2. The average molecular weight is 368 g/mol. The highest BCUT2D eigenvalue weighted by molar-refractivity contribution is 6.35. The van der Waals surface area contributed by atoms with Crippen molar-refractivity contribution in [2.45, 2.75) is 6.04 Å². The maximum atomic E-state index is 12.9. The Bertz CT molecular complexity index is 798. The fourth-order valence-corrected chi connectivity index (χ4v) is 2.63. The quantitative estimate of drug-likeness (QED) is 0.813. The Morgan fingerprint density at radius 2 is 1.88 bits per heavy atom. The van der Waals surface area contributed by atoms with Crippen molar-refractivity contribution in [3.63, 3.8) is 0 Å².